The van der Waals surface area contributed by atoms with Gasteiger partial charge < -0.3 is 4.74 Å². The van der Waals surface area contributed by atoms with Gasteiger partial charge >= 0.3 is 0 Å². The number of nitrogens with one attached hydrogen (secondary N) is 1. The van der Waals surface area contributed by atoms with Crippen LogP contribution in [-0.2, 0) is 16.4 Å². The zero-order valence-electron chi connectivity index (χ0n) is 14.0. The highest BCUT2D eigenvalue weighted by Gasteiger charge is 2.24. The molecule has 2 aromatic carbocycles. The molecular formula is C17H20N2O5S. The molecule has 0 bridgehead atoms. The van der Waals surface area contributed by atoms with Crippen molar-refractivity contribution in [1.29, 1.82) is 0 Å². The Morgan fingerprint density at radius 2 is 1.88 bits per heavy atom. The molecule has 2 rings (SSSR count). The fourth-order valence-corrected chi connectivity index (χ4v) is 3.87. The third kappa shape index (κ3) is 5.01. The monoisotopic (exact) mass is 364 g/mol. The summed E-state index contributed by atoms with van der Waals surface area (Å²) in [6, 6.07) is 12.9. The SMILES string of the molecule is COc1ccc([N+](=O)[O-])cc1S(=O)(=O)NC(C)CCc1ccccc1. The molecule has 2 aromatic rings. The number of nitro groups is 1. The van der Waals surface area contributed by atoms with Crippen molar-refractivity contribution in [2.24, 2.45) is 0 Å². The summed E-state index contributed by atoms with van der Waals surface area (Å²) in [4.78, 5) is 10.0. The third-order valence-corrected chi connectivity index (χ3v) is 5.32. The number of non-ortho nitro benzene ring substituents is 1. The van der Waals surface area contributed by atoms with Crippen LogP contribution in [0.25, 0.3) is 0 Å². The molecule has 1 N–H and O–H groups in total. The van der Waals surface area contributed by atoms with Crippen LogP contribution in [0.3, 0.4) is 0 Å². The van der Waals surface area contributed by atoms with Crippen molar-refractivity contribution in [3.63, 3.8) is 0 Å². The van der Waals surface area contributed by atoms with E-state index in [1.165, 1.54) is 19.2 Å². The molecule has 0 heterocycles. The first kappa shape index (κ1) is 18.9. The van der Waals surface area contributed by atoms with Crippen molar-refractivity contribution in [2.75, 3.05) is 7.11 Å². The molecule has 0 aliphatic heterocycles. The van der Waals surface area contributed by atoms with Gasteiger partial charge in [-0.2, -0.15) is 0 Å². The van der Waals surface area contributed by atoms with Crippen molar-refractivity contribution < 1.29 is 18.1 Å². The van der Waals surface area contributed by atoms with Crippen LogP contribution in [0, 0.1) is 10.1 Å². The number of aryl methyl sites for hydroxylation is 1. The number of methoxy groups -OCH3 is 1. The van der Waals surface area contributed by atoms with Crippen molar-refractivity contribution >= 4 is 15.7 Å². The van der Waals surface area contributed by atoms with E-state index in [2.05, 4.69) is 4.72 Å². The molecule has 134 valence electrons. The minimum absolute atomic E-state index is 0.0633. The molecule has 0 aliphatic carbocycles. The van der Waals surface area contributed by atoms with Crippen molar-refractivity contribution in [3.05, 3.63) is 64.2 Å². The van der Waals surface area contributed by atoms with E-state index in [4.69, 9.17) is 4.74 Å². The van der Waals surface area contributed by atoms with E-state index in [0.29, 0.717) is 6.42 Å². The van der Waals surface area contributed by atoms with E-state index in [9.17, 15) is 18.5 Å². The van der Waals surface area contributed by atoms with E-state index < -0.39 is 14.9 Å². The topological polar surface area (TPSA) is 98.5 Å². The maximum atomic E-state index is 12.6. The summed E-state index contributed by atoms with van der Waals surface area (Å²) < 4.78 is 32.8. The van der Waals surface area contributed by atoms with Crippen LogP contribution < -0.4 is 9.46 Å². The molecule has 0 saturated heterocycles. The number of hydrogen-bond acceptors (Lipinski definition) is 5. The van der Waals surface area contributed by atoms with Gasteiger partial charge in [0.2, 0.25) is 10.0 Å². The number of hydrogen-bond donors (Lipinski definition) is 1. The summed E-state index contributed by atoms with van der Waals surface area (Å²) in [5.74, 6) is 0.0633. The van der Waals surface area contributed by atoms with Crippen molar-refractivity contribution in [2.45, 2.75) is 30.7 Å². The largest absolute Gasteiger partial charge is 0.495 e. The van der Waals surface area contributed by atoms with E-state index in [1.54, 1.807) is 6.92 Å². The Morgan fingerprint density at radius 1 is 1.20 bits per heavy atom. The van der Waals surface area contributed by atoms with E-state index in [1.807, 2.05) is 30.3 Å². The van der Waals surface area contributed by atoms with Gasteiger partial charge in [-0.1, -0.05) is 30.3 Å². The highest BCUT2D eigenvalue weighted by molar-refractivity contribution is 7.89. The van der Waals surface area contributed by atoms with Gasteiger partial charge in [-0.25, -0.2) is 13.1 Å². The van der Waals surface area contributed by atoms with Gasteiger partial charge in [0.1, 0.15) is 10.6 Å². The number of benzene rings is 2. The molecule has 0 aliphatic rings. The first-order valence-corrected chi connectivity index (χ1v) is 9.20. The molecular weight excluding hydrogens is 344 g/mol. The average Bonchev–Trinajstić information content (AvgIpc) is 2.60. The first-order chi connectivity index (χ1) is 11.8. The predicted molar refractivity (Wildman–Crippen MR) is 94.2 cm³/mol. The number of ether oxygens (including phenoxy) is 1. The van der Waals surface area contributed by atoms with Crippen LogP contribution in [0.4, 0.5) is 5.69 Å². The molecule has 0 spiro atoms. The van der Waals surface area contributed by atoms with E-state index >= 15 is 0 Å². The summed E-state index contributed by atoms with van der Waals surface area (Å²) in [5.41, 5.74) is 0.805. The Morgan fingerprint density at radius 3 is 2.48 bits per heavy atom. The zero-order chi connectivity index (χ0) is 18.4. The fourth-order valence-electron chi connectivity index (χ4n) is 2.40. The van der Waals surface area contributed by atoms with Gasteiger partial charge in [-0.15, -0.1) is 0 Å². The molecule has 8 heteroatoms. The smallest absolute Gasteiger partial charge is 0.271 e. The zero-order valence-corrected chi connectivity index (χ0v) is 14.8. The Balaban J connectivity index is 2.15. The molecule has 7 nitrogen and oxygen atoms in total. The van der Waals surface area contributed by atoms with Crippen LogP contribution in [0.1, 0.15) is 18.9 Å². The Hall–Kier alpha value is -2.45. The maximum Gasteiger partial charge on any atom is 0.271 e. The number of sulfonamides is 1. The van der Waals surface area contributed by atoms with E-state index in [-0.39, 0.29) is 22.4 Å². The van der Waals surface area contributed by atoms with Gasteiger partial charge in [0.15, 0.2) is 0 Å². The predicted octanol–water partition coefficient (Wildman–Crippen LogP) is 2.90. The molecule has 0 radical (unpaired) electrons. The minimum Gasteiger partial charge on any atom is -0.495 e. The second-order valence-corrected chi connectivity index (χ2v) is 7.32. The van der Waals surface area contributed by atoms with E-state index in [0.717, 1.165) is 18.1 Å². The van der Waals surface area contributed by atoms with Gasteiger partial charge in [-0.05, 0) is 31.4 Å². The summed E-state index contributed by atoms with van der Waals surface area (Å²) >= 11 is 0. The van der Waals surface area contributed by atoms with Gasteiger partial charge in [0.05, 0.1) is 12.0 Å². The summed E-state index contributed by atoms with van der Waals surface area (Å²) in [6.45, 7) is 1.75. The van der Waals surface area contributed by atoms with Crippen LogP contribution in [0.15, 0.2) is 53.4 Å². The second-order valence-electron chi connectivity index (χ2n) is 5.64. The molecule has 25 heavy (non-hydrogen) atoms. The third-order valence-electron chi connectivity index (χ3n) is 3.71. The maximum absolute atomic E-state index is 12.6. The first-order valence-electron chi connectivity index (χ1n) is 7.72. The second kappa shape index (κ2) is 8.09. The van der Waals surface area contributed by atoms with Gasteiger partial charge in [0.25, 0.3) is 5.69 Å². The average molecular weight is 364 g/mol. The van der Waals surface area contributed by atoms with Crippen molar-refractivity contribution in [3.8, 4) is 5.75 Å². The highest BCUT2D eigenvalue weighted by atomic mass is 32.2. The standard InChI is InChI=1S/C17H20N2O5S/c1-13(8-9-14-6-4-3-5-7-14)18-25(22,23)17-12-15(19(20)21)10-11-16(17)24-2/h3-7,10-13,18H,8-9H2,1-2H3. The lowest BCUT2D eigenvalue weighted by Gasteiger charge is -2.16. The lowest BCUT2D eigenvalue weighted by atomic mass is 10.1. The molecule has 0 saturated carbocycles. The van der Waals surface area contributed by atoms with Crippen LogP contribution in [0.2, 0.25) is 0 Å². The Labute approximate surface area is 146 Å². The fraction of sp³-hybridized carbons (Fsp3) is 0.294. The molecule has 0 amide bonds. The van der Waals surface area contributed by atoms with Crippen molar-refractivity contribution in [1.82, 2.24) is 4.72 Å². The normalized spacial score (nSPS) is 12.6. The molecule has 1 unspecified atom stereocenters. The lowest BCUT2D eigenvalue weighted by molar-refractivity contribution is -0.385. The minimum atomic E-state index is -3.94. The van der Waals surface area contributed by atoms with Crippen LogP contribution in [-0.4, -0.2) is 26.5 Å². The number of rotatable bonds is 8. The lowest BCUT2D eigenvalue weighted by Crippen LogP contribution is -2.33. The van der Waals surface area contributed by atoms with Crippen LogP contribution >= 0.6 is 0 Å². The molecule has 1 atom stereocenters. The highest BCUT2D eigenvalue weighted by Crippen LogP contribution is 2.28. The quantitative estimate of drug-likeness (QED) is 0.573. The van der Waals surface area contributed by atoms with Crippen LogP contribution in [0.5, 0.6) is 5.75 Å². The summed E-state index contributed by atoms with van der Waals surface area (Å²) in [6.07, 6.45) is 1.32. The Bertz CT molecular complexity index is 837. The van der Waals surface area contributed by atoms with Gasteiger partial charge in [0, 0.05) is 18.2 Å². The summed E-state index contributed by atoms with van der Waals surface area (Å²) in [5, 5.41) is 10.9. The number of nitrogens with zero attached hydrogens (tertiary/aromatic N) is 1. The summed E-state index contributed by atoms with van der Waals surface area (Å²) in [7, 11) is -2.62. The number of nitro benzene ring substituents is 1. The molecule has 0 fully saturated rings. The Kier molecular flexibility index (Phi) is 6.11. The van der Waals surface area contributed by atoms with Gasteiger partial charge in [-0.3, -0.25) is 10.1 Å². The molecule has 0 aromatic heterocycles.